The van der Waals surface area contributed by atoms with Gasteiger partial charge in [0.25, 0.3) is 11.5 Å². The summed E-state index contributed by atoms with van der Waals surface area (Å²) in [5, 5.41) is 10.3. The zero-order chi connectivity index (χ0) is 21.7. The molecule has 1 saturated heterocycles. The van der Waals surface area contributed by atoms with Gasteiger partial charge in [0, 0.05) is 61.5 Å². The van der Waals surface area contributed by atoms with Crippen LogP contribution in [0.15, 0.2) is 47.3 Å². The minimum Gasteiger partial charge on any atom is -0.488 e. The number of hydrogen-bond acceptors (Lipinski definition) is 5. The SMILES string of the molecule is O=C(NCCN1CC2CC(C1)c1cccc(=O)n1C2)c1[nH]nc2c1COc1ccccc1-2. The Balaban J connectivity index is 1.10. The van der Waals surface area contributed by atoms with Crippen LogP contribution >= 0.6 is 0 Å². The average Bonchev–Trinajstić information content (AvgIpc) is 3.25. The number of ether oxygens (including phenoxy) is 1. The summed E-state index contributed by atoms with van der Waals surface area (Å²) in [6, 6.07) is 13.3. The van der Waals surface area contributed by atoms with Crippen molar-refractivity contribution in [2.45, 2.75) is 25.5 Å². The predicted molar refractivity (Wildman–Crippen MR) is 119 cm³/mol. The smallest absolute Gasteiger partial charge is 0.269 e. The summed E-state index contributed by atoms with van der Waals surface area (Å²) >= 11 is 0. The summed E-state index contributed by atoms with van der Waals surface area (Å²) in [5.74, 6) is 1.49. The fourth-order valence-corrected chi connectivity index (χ4v) is 5.45. The predicted octanol–water partition coefficient (Wildman–Crippen LogP) is 1.98. The molecule has 32 heavy (non-hydrogen) atoms. The number of pyridine rings is 1. The number of aromatic amines is 1. The van der Waals surface area contributed by atoms with Crippen molar-refractivity contribution in [3.8, 4) is 17.0 Å². The zero-order valence-electron chi connectivity index (χ0n) is 17.7. The Labute approximate surface area is 185 Å². The first-order valence-electron chi connectivity index (χ1n) is 11.2. The normalized spacial score (nSPS) is 21.1. The van der Waals surface area contributed by atoms with Crippen LogP contribution in [0, 0.1) is 5.92 Å². The van der Waals surface area contributed by atoms with Crippen molar-refractivity contribution in [3.05, 3.63) is 69.8 Å². The van der Waals surface area contributed by atoms with E-state index in [4.69, 9.17) is 4.74 Å². The van der Waals surface area contributed by atoms with Gasteiger partial charge >= 0.3 is 0 Å². The number of carbonyl (C=O) groups excluding carboxylic acids is 1. The number of benzene rings is 1. The molecule has 0 aliphatic carbocycles. The number of nitrogens with one attached hydrogen (secondary N) is 2. The van der Waals surface area contributed by atoms with E-state index in [0.29, 0.717) is 30.7 Å². The van der Waals surface area contributed by atoms with E-state index in [1.54, 1.807) is 6.07 Å². The molecular weight excluding hydrogens is 406 g/mol. The van der Waals surface area contributed by atoms with Gasteiger partial charge < -0.3 is 19.5 Å². The Kier molecular flexibility index (Phi) is 4.61. The number of amides is 1. The first kappa shape index (κ1) is 19.3. The third-order valence-electron chi connectivity index (χ3n) is 6.88. The van der Waals surface area contributed by atoms with Gasteiger partial charge in [-0.05, 0) is 30.5 Å². The van der Waals surface area contributed by atoms with Gasteiger partial charge in [-0.1, -0.05) is 18.2 Å². The van der Waals surface area contributed by atoms with Crippen LogP contribution in [0.1, 0.15) is 34.1 Å². The second-order valence-corrected chi connectivity index (χ2v) is 8.92. The molecule has 6 rings (SSSR count). The largest absolute Gasteiger partial charge is 0.488 e. The van der Waals surface area contributed by atoms with Gasteiger partial charge in [0.15, 0.2) is 0 Å². The van der Waals surface area contributed by atoms with Gasteiger partial charge in [-0.2, -0.15) is 5.10 Å². The number of nitrogens with zero attached hydrogens (tertiary/aromatic N) is 3. The first-order chi connectivity index (χ1) is 15.7. The first-order valence-corrected chi connectivity index (χ1v) is 11.2. The Bertz CT molecular complexity index is 1250. The molecule has 0 saturated carbocycles. The van der Waals surface area contributed by atoms with Crippen molar-refractivity contribution in [1.29, 1.82) is 0 Å². The maximum absolute atomic E-state index is 12.8. The maximum Gasteiger partial charge on any atom is 0.269 e. The van der Waals surface area contributed by atoms with Crippen LogP contribution in [-0.4, -0.2) is 51.8 Å². The standard InChI is InChI=1S/C24H25N5O3/c30-21-7-3-5-19-16-10-15(12-29(19)21)11-28(13-16)9-8-25-24(31)23-18-14-32-20-6-2-1-4-17(20)22(18)26-27-23/h1-7,15-16H,8-14H2,(H,25,31)(H,26,27). The Hall–Kier alpha value is -3.39. The van der Waals surface area contributed by atoms with Gasteiger partial charge in [-0.15, -0.1) is 0 Å². The number of H-pyrrole nitrogens is 1. The van der Waals surface area contributed by atoms with E-state index in [2.05, 4.69) is 26.5 Å². The highest BCUT2D eigenvalue weighted by molar-refractivity contribution is 5.96. The molecule has 3 aliphatic heterocycles. The zero-order valence-corrected chi connectivity index (χ0v) is 17.7. The Morgan fingerprint density at radius 3 is 3.00 bits per heavy atom. The van der Waals surface area contributed by atoms with Crippen molar-refractivity contribution < 1.29 is 9.53 Å². The van der Waals surface area contributed by atoms with E-state index in [9.17, 15) is 9.59 Å². The fourth-order valence-electron chi connectivity index (χ4n) is 5.45. The van der Waals surface area contributed by atoms with Gasteiger partial charge in [-0.25, -0.2) is 0 Å². The molecule has 8 nitrogen and oxygen atoms in total. The minimum absolute atomic E-state index is 0.104. The molecule has 5 heterocycles. The number of hydrogen-bond donors (Lipinski definition) is 2. The molecule has 2 atom stereocenters. The number of likely N-dealkylation sites (tertiary alicyclic amines) is 1. The summed E-state index contributed by atoms with van der Waals surface area (Å²) < 4.78 is 7.75. The topological polar surface area (TPSA) is 92.2 Å². The van der Waals surface area contributed by atoms with Crippen molar-refractivity contribution in [2.24, 2.45) is 5.92 Å². The average molecular weight is 431 g/mol. The molecule has 1 fully saturated rings. The van der Waals surface area contributed by atoms with Crippen LogP contribution in [0.2, 0.25) is 0 Å². The molecule has 2 unspecified atom stereocenters. The van der Waals surface area contributed by atoms with Gasteiger partial charge in [0.05, 0.1) is 0 Å². The molecule has 1 aromatic carbocycles. The summed E-state index contributed by atoms with van der Waals surface area (Å²) in [5.41, 5.74) is 4.21. The van der Waals surface area contributed by atoms with Crippen molar-refractivity contribution in [3.63, 3.8) is 0 Å². The van der Waals surface area contributed by atoms with E-state index in [1.807, 2.05) is 34.9 Å². The molecule has 0 spiro atoms. The van der Waals surface area contributed by atoms with E-state index >= 15 is 0 Å². The van der Waals surface area contributed by atoms with E-state index in [0.717, 1.165) is 60.9 Å². The van der Waals surface area contributed by atoms with Crippen LogP contribution in [0.3, 0.4) is 0 Å². The summed E-state index contributed by atoms with van der Waals surface area (Å²) in [7, 11) is 0. The summed E-state index contributed by atoms with van der Waals surface area (Å²) in [6.07, 6.45) is 1.13. The molecule has 0 radical (unpaired) electrons. The molecule has 8 heteroatoms. The minimum atomic E-state index is -0.157. The maximum atomic E-state index is 12.8. The van der Waals surface area contributed by atoms with Crippen molar-refractivity contribution in [1.82, 2.24) is 25.0 Å². The molecule has 164 valence electrons. The molecule has 2 N–H and O–H groups in total. The van der Waals surface area contributed by atoms with Crippen molar-refractivity contribution >= 4 is 5.91 Å². The number of aromatic nitrogens is 3. The van der Waals surface area contributed by atoms with Crippen LogP contribution in [0.5, 0.6) is 5.75 Å². The Morgan fingerprint density at radius 1 is 1.16 bits per heavy atom. The molecule has 2 aromatic heterocycles. The third-order valence-corrected chi connectivity index (χ3v) is 6.88. The summed E-state index contributed by atoms with van der Waals surface area (Å²) in [4.78, 5) is 27.4. The van der Waals surface area contributed by atoms with E-state index < -0.39 is 0 Å². The molecule has 3 aromatic rings. The van der Waals surface area contributed by atoms with Crippen LogP contribution in [0.4, 0.5) is 0 Å². The number of rotatable bonds is 4. The van der Waals surface area contributed by atoms with Crippen LogP contribution in [0.25, 0.3) is 11.3 Å². The Morgan fingerprint density at radius 2 is 2.06 bits per heavy atom. The molecular formula is C24H25N5O3. The van der Waals surface area contributed by atoms with Crippen molar-refractivity contribution in [2.75, 3.05) is 26.2 Å². The lowest BCUT2D eigenvalue weighted by Gasteiger charge is -2.42. The highest BCUT2D eigenvalue weighted by Crippen LogP contribution is 2.37. The number of carbonyl (C=O) groups is 1. The monoisotopic (exact) mass is 431 g/mol. The molecule has 1 amide bonds. The lowest BCUT2D eigenvalue weighted by atomic mass is 9.83. The summed E-state index contributed by atoms with van der Waals surface area (Å²) in [6.45, 7) is 4.34. The van der Waals surface area contributed by atoms with Gasteiger partial charge in [-0.3, -0.25) is 14.7 Å². The highest BCUT2D eigenvalue weighted by Gasteiger charge is 2.34. The second-order valence-electron chi connectivity index (χ2n) is 8.92. The molecule has 3 aliphatic rings. The van der Waals surface area contributed by atoms with Crippen LogP contribution < -0.4 is 15.6 Å². The van der Waals surface area contributed by atoms with Crippen LogP contribution in [-0.2, 0) is 13.2 Å². The molecule has 2 bridgehead atoms. The lowest BCUT2D eigenvalue weighted by Crippen LogP contribution is -2.48. The van der Waals surface area contributed by atoms with E-state index in [-0.39, 0.29) is 11.5 Å². The second kappa shape index (κ2) is 7.63. The number of para-hydroxylation sites is 1. The van der Waals surface area contributed by atoms with E-state index in [1.165, 1.54) is 0 Å². The van der Waals surface area contributed by atoms with Gasteiger partial charge in [0.1, 0.15) is 23.7 Å². The fraction of sp³-hybridized carbons (Fsp3) is 0.375. The number of piperidine rings is 1. The lowest BCUT2D eigenvalue weighted by molar-refractivity contribution is 0.0920. The van der Waals surface area contributed by atoms with Gasteiger partial charge in [0.2, 0.25) is 0 Å². The number of fused-ring (bicyclic) bond motifs is 7. The highest BCUT2D eigenvalue weighted by atomic mass is 16.5. The quantitative estimate of drug-likeness (QED) is 0.659. The third kappa shape index (κ3) is 3.22.